The van der Waals surface area contributed by atoms with Crippen LogP contribution in [-0.4, -0.2) is 83.2 Å². The molecule has 1 aromatic carbocycles. The largest absolute Gasteiger partial charge is 0.358 e. The van der Waals surface area contributed by atoms with Gasteiger partial charge in [-0.05, 0) is 75.1 Å². The first-order chi connectivity index (χ1) is 17.5. The van der Waals surface area contributed by atoms with Gasteiger partial charge in [0.05, 0.1) is 17.4 Å². The van der Waals surface area contributed by atoms with Gasteiger partial charge in [-0.2, -0.15) is 5.10 Å². The van der Waals surface area contributed by atoms with Crippen LogP contribution in [-0.2, 0) is 6.54 Å². The summed E-state index contributed by atoms with van der Waals surface area (Å²) in [5.41, 5.74) is 5.01. The number of aromatic nitrogens is 4. The molecule has 4 aromatic rings. The molecule has 9 heteroatoms. The topological polar surface area (TPSA) is 93.3 Å². The smallest absolute Gasteiger partial charge is 0.276 e. The lowest BCUT2D eigenvalue weighted by atomic mass is 10.0. The lowest BCUT2D eigenvalue weighted by Crippen LogP contribution is -2.36. The van der Waals surface area contributed by atoms with Crippen LogP contribution in [0.25, 0.3) is 22.0 Å². The molecule has 0 bridgehead atoms. The number of aromatic amines is 1. The Morgan fingerprint density at radius 2 is 1.89 bits per heavy atom. The van der Waals surface area contributed by atoms with E-state index in [0.717, 1.165) is 60.6 Å². The molecule has 0 radical (unpaired) electrons. The number of anilines is 2. The van der Waals surface area contributed by atoms with Gasteiger partial charge in [0, 0.05) is 50.0 Å². The third-order valence-electron chi connectivity index (χ3n) is 6.54. The van der Waals surface area contributed by atoms with Crippen LogP contribution in [0.2, 0.25) is 0 Å². The van der Waals surface area contributed by atoms with E-state index < -0.39 is 0 Å². The van der Waals surface area contributed by atoms with E-state index in [9.17, 15) is 4.79 Å². The van der Waals surface area contributed by atoms with Crippen LogP contribution in [0.1, 0.15) is 22.5 Å². The third kappa shape index (κ3) is 5.37. The first-order valence-electron chi connectivity index (χ1n) is 12.2. The van der Waals surface area contributed by atoms with Crippen molar-refractivity contribution in [3.63, 3.8) is 0 Å². The Kier molecular flexibility index (Phi) is 6.92. The Morgan fingerprint density at radius 1 is 1.03 bits per heavy atom. The van der Waals surface area contributed by atoms with Crippen molar-refractivity contribution < 1.29 is 4.79 Å². The minimum Gasteiger partial charge on any atom is -0.358 e. The number of fused-ring (bicyclic) bond motifs is 1. The number of pyridine rings is 2. The van der Waals surface area contributed by atoms with Gasteiger partial charge < -0.3 is 15.1 Å². The fraction of sp³-hybridized carbons (Fsp3) is 0.333. The van der Waals surface area contributed by atoms with E-state index in [0.29, 0.717) is 11.4 Å². The molecule has 186 valence electrons. The quantitative estimate of drug-likeness (QED) is 0.376. The van der Waals surface area contributed by atoms with Gasteiger partial charge in [-0.15, -0.1) is 0 Å². The van der Waals surface area contributed by atoms with E-state index in [2.05, 4.69) is 46.2 Å². The van der Waals surface area contributed by atoms with Crippen molar-refractivity contribution in [2.45, 2.75) is 13.0 Å². The Hall–Kier alpha value is -3.82. The second kappa shape index (κ2) is 10.4. The molecule has 3 aromatic heterocycles. The molecular formula is C27H32N8O. The normalized spacial score (nSPS) is 13.7. The van der Waals surface area contributed by atoms with Crippen LogP contribution >= 0.6 is 0 Å². The van der Waals surface area contributed by atoms with E-state index in [4.69, 9.17) is 0 Å². The first-order valence-corrected chi connectivity index (χ1v) is 12.2. The summed E-state index contributed by atoms with van der Waals surface area (Å²) in [5.74, 6) is 0.577. The summed E-state index contributed by atoms with van der Waals surface area (Å²) >= 11 is 0. The van der Waals surface area contributed by atoms with Gasteiger partial charge in [0.15, 0.2) is 5.69 Å². The minimum absolute atomic E-state index is 0.279. The number of benzene rings is 1. The molecule has 1 fully saturated rings. The average molecular weight is 485 g/mol. The number of rotatable bonds is 9. The van der Waals surface area contributed by atoms with Crippen molar-refractivity contribution in [3.05, 3.63) is 66.2 Å². The van der Waals surface area contributed by atoms with Crippen LogP contribution in [0.5, 0.6) is 0 Å². The fourth-order valence-corrected chi connectivity index (χ4v) is 4.24. The summed E-state index contributed by atoms with van der Waals surface area (Å²) in [6, 6.07) is 11.9. The predicted octanol–water partition coefficient (Wildman–Crippen LogP) is 3.48. The highest BCUT2D eigenvalue weighted by molar-refractivity contribution is 6.11. The maximum Gasteiger partial charge on any atom is 0.276 e. The Balaban J connectivity index is 1.31. The van der Waals surface area contributed by atoms with Crippen LogP contribution in [0, 0.1) is 0 Å². The van der Waals surface area contributed by atoms with Crippen molar-refractivity contribution in [1.82, 2.24) is 30.0 Å². The summed E-state index contributed by atoms with van der Waals surface area (Å²) in [6.45, 7) is 5.01. The van der Waals surface area contributed by atoms with Crippen molar-refractivity contribution >= 4 is 28.3 Å². The number of amides is 1. The van der Waals surface area contributed by atoms with Crippen molar-refractivity contribution in [2.24, 2.45) is 0 Å². The fourth-order valence-electron chi connectivity index (χ4n) is 4.24. The van der Waals surface area contributed by atoms with Gasteiger partial charge in [0.25, 0.3) is 5.91 Å². The number of nitrogens with one attached hydrogen (secondary N) is 2. The summed E-state index contributed by atoms with van der Waals surface area (Å²) in [5, 5.41) is 11.0. The highest BCUT2D eigenvalue weighted by atomic mass is 16.1. The van der Waals surface area contributed by atoms with E-state index in [1.54, 1.807) is 6.20 Å². The molecule has 0 saturated carbocycles. The van der Waals surface area contributed by atoms with Gasteiger partial charge in [-0.3, -0.25) is 19.8 Å². The number of likely N-dealkylation sites (tertiary alicyclic amines) is 1. The number of nitrogens with zero attached hydrogens (tertiary/aromatic N) is 6. The third-order valence-corrected chi connectivity index (χ3v) is 6.54. The zero-order valence-electron chi connectivity index (χ0n) is 21.0. The summed E-state index contributed by atoms with van der Waals surface area (Å²) < 4.78 is 0. The molecule has 0 aliphatic carbocycles. The molecule has 36 heavy (non-hydrogen) atoms. The standard InChI is InChI=1S/C27H32N8O/c1-33(2)11-12-34(3)25-8-6-22(17-29-25)30-27(36)26-23-14-20(5-7-24(23)31-32-26)21-13-19(15-28-16-21)18-35-9-4-10-35/h5-8,13-17H,4,9-12,18H2,1-3H3,(H,30,36)(H,31,32). The van der Waals surface area contributed by atoms with Crippen molar-refractivity contribution in [1.29, 1.82) is 0 Å². The van der Waals surface area contributed by atoms with Crippen LogP contribution in [0.15, 0.2) is 55.0 Å². The second-order valence-corrected chi connectivity index (χ2v) is 9.63. The van der Waals surface area contributed by atoms with Gasteiger partial charge in [0.1, 0.15) is 5.82 Å². The minimum atomic E-state index is -0.279. The Labute approximate surface area is 211 Å². The number of carbonyl (C=O) groups is 1. The van der Waals surface area contributed by atoms with Gasteiger partial charge in [-0.1, -0.05) is 6.07 Å². The van der Waals surface area contributed by atoms with Gasteiger partial charge in [0.2, 0.25) is 0 Å². The average Bonchev–Trinajstić information content (AvgIpc) is 3.29. The van der Waals surface area contributed by atoms with Crippen molar-refractivity contribution in [2.75, 3.05) is 57.5 Å². The van der Waals surface area contributed by atoms with E-state index in [1.807, 2.05) is 63.9 Å². The molecule has 9 nitrogen and oxygen atoms in total. The lowest BCUT2D eigenvalue weighted by Gasteiger charge is -2.30. The molecule has 0 spiro atoms. The summed E-state index contributed by atoms with van der Waals surface area (Å²) in [6.07, 6.45) is 6.73. The van der Waals surface area contributed by atoms with E-state index in [-0.39, 0.29) is 5.91 Å². The van der Waals surface area contributed by atoms with Gasteiger partial charge >= 0.3 is 0 Å². The highest BCUT2D eigenvalue weighted by Gasteiger charge is 2.17. The van der Waals surface area contributed by atoms with Crippen LogP contribution in [0.4, 0.5) is 11.5 Å². The van der Waals surface area contributed by atoms with Gasteiger partial charge in [-0.25, -0.2) is 4.98 Å². The number of hydrogen-bond acceptors (Lipinski definition) is 7. The molecule has 0 unspecified atom stereocenters. The number of carbonyl (C=O) groups excluding carboxylic acids is 1. The molecule has 1 saturated heterocycles. The van der Waals surface area contributed by atoms with Crippen LogP contribution in [0.3, 0.4) is 0 Å². The van der Waals surface area contributed by atoms with E-state index in [1.165, 1.54) is 12.0 Å². The predicted molar refractivity (Wildman–Crippen MR) is 143 cm³/mol. The van der Waals surface area contributed by atoms with Crippen LogP contribution < -0.4 is 10.2 Å². The number of H-pyrrole nitrogens is 1. The molecule has 1 amide bonds. The molecular weight excluding hydrogens is 452 g/mol. The SMILES string of the molecule is CN(C)CCN(C)c1ccc(NC(=O)c2n[nH]c3ccc(-c4cncc(CN5CCC5)c4)cc23)cn1. The van der Waals surface area contributed by atoms with E-state index >= 15 is 0 Å². The summed E-state index contributed by atoms with van der Waals surface area (Å²) in [4.78, 5) is 28.7. The Bertz CT molecular complexity index is 1340. The molecule has 1 aliphatic rings. The first kappa shape index (κ1) is 23.9. The molecule has 4 heterocycles. The number of likely N-dealkylation sites (N-methyl/N-ethyl adjacent to an activating group) is 2. The zero-order valence-corrected chi connectivity index (χ0v) is 21.0. The molecule has 2 N–H and O–H groups in total. The zero-order chi connectivity index (χ0) is 25.1. The second-order valence-electron chi connectivity index (χ2n) is 9.63. The lowest BCUT2D eigenvalue weighted by molar-refractivity contribution is 0.102. The monoisotopic (exact) mass is 484 g/mol. The summed E-state index contributed by atoms with van der Waals surface area (Å²) in [7, 11) is 6.10. The maximum atomic E-state index is 13.1. The van der Waals surface area contributed by atoms with Crippen molar-refractivity contribution in [3.8, 4) is 11.1 Å². The molecule has 0 atom stereocenters. The Morgan fingerprint density at radius 3 is 2.61 bits per heavy atom. The highest BCUT2D eigenvalue weighted by Crippen LogP contribution is 2.27. The molecule has 1 aliphatic heterocycles. The molecule has 5 rings (SSSR count). The number of hydrogen-bond donors (Lipinski definition) is 2. The maximum absolute atomic E-state index is 13.1.